The maximum absolute atomic E-state index is 13.0. The first-order valence-electron chi connectivity index (χ1n) is 10.8. The fourth-order valence-electron chi connectivity index (χ4n) is 4.05. The summed E-state index contributed by atoms with van der Waals surface area (Å²) in [7, 11) is 0. The van der Waals surface area contributed by atoms with Crippen molar-refractivity contribution >= 4 is 34.8 Å². The zero-order chi connectivity index (χ0) is 23.5. The van der Waals surface area contributed by atoms with Crippen molar-refractivity contribution in [2.45, 2.75) is 46.4 Å². The van der Waals surface area contributed by atoms with Gasteiger partial charge in [0.05, 0.1) is 4.88 Å². The Labute approximate surface area is 202 Å². The average molecular weight is 484 g/mol. The molecule has 3 aromatic rings. The van der Waals surface area contributed by atoms with E-state index < -0.39 is 6.10 Å². The van der Waals surface area contributed by atoms with Gasteiger partial charge in [-0.2, -0.15) is 0 Å². The van der Waals surface area contributed by atoms with Crippen LogP contribution in [0.1, 0.15) is 44.5 Å². The molecule has 6 nitrogen and oxygen atoms in total. The highest BCUT2D eigenvalue weighted by Gasteiger charge is 2.28. The molecule has 2 amide bonds. The zero-order valence-corrected chi connectivity index (χ0v) is 20.4. The van der Waals surface area contributed by atoms with Crippen LogP contribution in [0.4, 0.5) is 0 Å². The van der Waals surface area contributed by atoms with Gasteiger partial charge in [0.2, 0.25) is 0 Å². The third-order valence-corrected chi connectivity index (χ3v) is 7.11. The molecule has 1 atom stereocenters. The second kappa shape index (κ2) is 9.93. The molecular formula is C25H26ClN3O3S. The molecule has 0 radical (unpaired) electrons. The van der Waals surface area contributed by atoms with E-state index in [2.05, 4.69) is 10.3 Å². The number of ether oxygens (including phenoxy) is 1. The summed E-state index contributed by atoms with van der Waals surface area (Å²) in [5.41, 5.74) is 5.08. The molecule has 8 heteroatoms. The van der Waals surface area contributed by atoms with Crippen molar-refractivity contribution in [3.8, 4) is 5.75 Å². The van der Waals surface area contributed by atoms with Crippen LogP contribution in [0.25, 0.3) is 0 Å². The SMILES string of the molecule is Cc1ccsc1C(=O)NCc1c(C)ncc2c1CCN(C(=O)C(C)Oc1cccc(Cl)c1)C2. The van der Waals surface area contributed by atoms with Crippen LogP contribution in [0.15, 0.2) is 41.9 Å². The highest BCUT2D eigenvalue weighted by Crippen LogP contribution is 2.26. The Kier molecular flexibility index (Phi) is 7.00. The summed E-state index contributed by atoms with van der Waals surface area (Å²) >= 11 is 7.46. The molecule has 0 bridgehead atoms. The number of carbonyl (C=O) groups excluding carboxylic acids is 2. The fourth-order valence-corrected chi connectivity index (χ4v) is 5.07. The largest absolute Gasteiger partial charge is 0.481 e. The Bertz CT molecular complexity index is 1190. The number of amides is 2. The lowest BCUT2D eigenvalue weighted by Gasteiger charge is -2.32. The number of carbonyl (C=O) groups is 2. The molecule has 1 unspecified atom stereocenters. The number of fused-ring (bicyclic) bond motifs is 1. The fraction of sp³-hybridized carbons (Fsp3) is 0.320. The number of aryl methyl sites for hydroxylation is 2. The monoisotopic (exact) mass is 483 g/mol. The highest BCUT2D eigenvalue weighted by molar-refractivity contribution is 7.12. The van der Waals surface area contributed by atoms with Gasteiger partial charge in [-0.05, 0) is 79.1 Å². The first kappa shape index (κ1) is 23.3. The summed E-state index contributed by atoms with van der Waals surface area (Å²) in [6.45, 7) is 7.11. The van der Waals surface area contributed by atoms with Crippen LogP contribution in [0.2, 0.25) is 5.02 Å². The van der Waals surface area contributed by atoms with Crippen LogP contribution in [-0.2, 0) is 24.3 Å². The second-order valence-electron chi connectivity index (χ2n) is 8.17. The minimum atomic E-state index is -0.629. The van der Waals surface area contributed by atoms with Gasteiger partial charge in [-0.15, -0.1) is 11.3 Å². The number of nitrogens with one attached hydrogen (secondary N) is 1. The molecule has 1 N–H and O–H groups in total. The van der Waals surface area contributed by atoms with Crippen LogP contribution in [0.3, 0.4) is 0 Å². The van der Waals surface area contributed by atoms with Crippen LogP contribution in [0, 0.1) is 13.8 Å². The molecule has 1 aliphatic heterocycles. The molecule has 1 aliphatic rings. The number of hydrogen-bond donors (Lipinski definition) is 1. The van der Waals surface area contributed by atoms with Crippen molar-refractivity contribution < 1.29 is 14.3 Å². The predicted octanol–water partition coefficient (Wildman–Crippen LogP) is 4.70. The van der Waals surface area contributed by atoms with Crippen LogP contribution < -0.4 is 10.1 Å². The molecule has 0 aliphatic carbocycles. The van der Waals surface area contributed by atoms with E-state index in [-0.39, 0.29) is 11.8 Å². The molecule has 2 aromatic heterocycles. The van der Waals surface area contributed by atoms with Crippen LogP contribution >= 0.6 is 22.9 Å². The van der Waals surface area contributed by atoms with Gasteiger partial charge in [0.15, 0.2) is 6.10 Å². The Hall–Kier alpha value is -2.90. The van der Waals surface area contributed by atoms with E-state index >= 15 is 0 Å². The summed E-state index contributed by atoms with van der Waals surface area (Å²) in [5.74, 6) is 0.417. The van der Waals surface area contributed by atoms with Crippen molar-refractivity contribution in [3.05, 3.63) is 79.8 Å². The molecule has 4 rings (SSSR count). The average Bonchev–Trinajstić information content (AvgIpc) is 3.23. The number of hydrogen-bond acceptors (Lipinski definition) is 5. The van der Waals surface area contributed by atoms with E-state index in [0.29, 0.717) is 36.8 Å². The number of thiophene rings is 1. The molecule has 0 fully saturated rings. The molecule has 1 aromatic carbocycles. The van der Waals surface area contributed by atoms with Crippen molar-refractivity contribution in [3.63, 3.8) is 0 Å². The first-order valence-corrected chi connectivity index (χ1v) is 12.1. The summed E-state index contributed by atoms with van der Waals surface area (Å²) < 4.78 is 5.81. The summed E-state index contributed by atoms with van der Waals surface area (Å²) in [6.07, 6.45) is 1.91. The van der Waals surface area contributed by atoms with E-state index in [0.717, 1.165) is 32.8 Å². The van der Waals surface area contributed by atoms with Crippen LogP contribution in [-0.4, -0.2) is 34.3 Å². The normalized spacial score (nSPS) is 13.9. The van der Waals surface area contributed by atoms with Crippen molar-refractivity contribution in [1.29, 1.82) is 0 Å². The molecule has 0 saturated heterocycles. The number of pyridine rings is 1. The van der Waals surface area contributed by atoms with Crippen molar-refractivity contribution in [2.24, 2.45) is 0 Å². The minimum Gasteiger partial charge on any atom is -0.481 e. The van der Waals surface area contributed by atoms with Gasteiger partial charge in [0.1, 0.15) is 5.75 Å². The van der Waals surface area contributed by atoms with Gasteiger partial charge in [0, 0.05) is 36.5 Å². The maximum Gasteiger partial charge on any atom is 0.263 e. The van der Waals surface area contributed by atoms with Gasteiger partial charge >= 0.3 is 0 Å². The number of aromatic nitrogens is 1. The molecule has 0 saturated carbocycles. The Balaban J connectivity index is 1.44. The minimum absolute atomic E-state index is 0.0703. The standard InChI is InChI=1S/C25H26ClN3O3S/c1-15-8-10-33-23(15)24(30)28-13-22-16(2)27-12-18-14-29(9-7-21(18)22)25(31)17(3)32-20-6-4-5-19(26)11-20/h4-6,8,10-12,17H,7,9,13-14H2,1-3H3,(H,28,30). The van der Waals surface area contributed by atoms with Crippen LogP contribution in [0.5, 0.6) is 5.75 Å². The Morgan fingerprint density at radius 2 is 2.12 bits per heavy atom. The molecular weight excluding hydrogens is 458 g/mol. The number of nitrogens with zero attached hydrogens (tertiary/aromatic N) is 2. The van der Waals surface area contributed by atoms with Crippen molar-refractivity contribution in [2.75, 3.05) is 6.54 Å². The smallest absolute Gasteiger partial charge is 0.263 e. The van der Waals surface area contributed by atoms with E-state index in [4.69, 9.17) is 16.3 Å². The van der Waals surface area contributed by atoms with E-state index in [1.807, 2.05) is 31.5 Å². The van der Waals surface area contributed by atoms with Gasteiger partial charge in [-0.3, -0.25) is 14.6 Å². The lowest BCUT2D eigenvalue weighted by atomic mass is 9.94. The number of halogens is 1. The quantitative estimate of drug-likeness (QED) is 0.551. The highest BCUT2D eigenvalue weighted by atomic mass is 35.5. The lowest BCUT2D eigenvalue weighted by Crippen LogP contribution is -2.43. The van der Waals surface area contributed by atoms with E-state index in [1.165, 1.54) is 11.3 Å². The second-order valence-corrected chi connectivity index (χ2v) is 9.52. The number of rotatable bonds is 6. The third kappa shape index (κ3) is 5.20. The van der Waals surface area contributed by atoms with Gasteiger partial charge in [-0.25, -0.2) is 0 Å². The first-order chi connectivity index (χ1) is 15.8. The van der Waals surface area contributed by atoms with E-state index in [1.54, 1.807) is 36.1 Å². The molecule has 0 spiro atoms. The Morgan fingerprint density at radius 1 is 1.30 bits per heavy atom. The van der Waals surface area contributed by atoms with Gasteiger partial charge < -0.3 is 15.0 Å². The summed E-state index contributed by atoms with van der Waals surface area (Å²) in [5, 5.41) is 5.52. The third-order valence-electron chi connectivity index (χ3n) is 5.86. The summed E-state index contributed by atoms with van der Waals surface area (Å²) in [4.78, 5) is 32.7. The van der Waals surface area contributed by atoms with Crippen molar-refractivity contribution in [1.82, 2.24) is 15.2 Å². The Morgan fingerprint density at radius 3 is 2.85 bits per heavy atom. The predicted molar refractivity (Wildman–Crippen MR) is 130 cm³/mol. The zero-order valence-electron chi connectivity index (χ0n) is 18.9. The van der Waals surface area contributed by atoms with Gasteiger partial charge in [0.25, 0.3) is 11.8 Å². The number of benzene rings is 1. The van der Waals surface area contributed by atoms with E-state index in [9.17, 15) is 9.59 Å². The maximum atomic E-state index is 13.0. The topological polar surface area (TPSA) is 71.5 Å². The molecule has 172 valence electrons. The van der Waals surface area contributed by atoms with Gasteiger partial charge in [-0.1, -0.05) is 17.7 Å². The lowest BCUT2D eigenvalue weighted by molar-refractivity contribution is -0.138. The molecule has 3 heterocycles. The molecule has 33 heavy (non-hydrogen) atoms. The summed E-state index contributed by atoms with van der Waals surface area (Å²) in [6, 6.07) is 8.98.